The van der Waals surface area contributed by atoms with Crippen molar-refractivity contribution in [2.75, 3.05) is 13.2 Å². The molecule has 0 unspecified atom stereocenters. The normalized spacial score (nSPS) is 12.4. The van der Waals surface area contributed by atoms with Gasteiger partial charge in [0.15, 0.2) is 0 Å². The van der Waals surface area contributed by atoms with E-state index in [1.807, 2.05) is 19.9 Å². The van der Waals surface area contributed by atoms with E-state index in [-0.39, 0.29) is 18.6 Å². The molecule has 0 aromatic rings. The zero-order valence-electron chi connectivity index (χ0n) is 8.60. The van der Waals surface area contributed by atoms with Gasteiger partial charge in [0.1, 0.15) is 0 Å². The van der Waals surface area contributed by atoms with Crippen molar-refractivity contribution in [3.63, 3.8) is 0 Å². The van der Waals surface area contributed by atoms with Crippen LogP contribution in [0, 0.1) is 11.3 Å². The minimum Gasteiger partial charge on any atom is -0.392 e. The maximum Gasteiger partial charge on any atom is 0.246 e. The molecule has 0 saturated heterocycles. The third-order valence-electron chi connectivity index (χ3n) is 1.91. The molecule has 0 bridgehead atoms. The van der Waals surface area contributed by atoms with Crippen molar-refractivity contribution in [3.8, 4) is 6.07 Å². The van der Waals surface area contributed by atoms with E-state index < -0.39 is 0 Å². The molecule has 1 N–H and O–H groups in total. The lowest BCUT2D eigenvalue weighted by atomic mass is 10.2. The molecule has 78 valence electrons. The molecule has 0 aromatic carbocycles. The predicted octanol–water partition coefficient (Wildman–Crippen LogP) is 0.686. The lowest BCUT2D eigenvalue weighted by molar-refractivity contribution is -0.127. The second kappa shape index (κ2) is 7.10. The van der Waals surface area contributed by atoms with E-state index in [9.17, 15) is 4.79 Å². The summed E-state index contributed by atoms with van der Waals surface area (Å²) >= 11 is 0. The Morgan fingerprint density at radius 1 is 1.71 bits per heavy atom. The van der Waals surface area contributed by atoms with Crippen LogP contribution in [-0.4, -0.2) is 35.1 Å². The monoisotopic (exact) mass is 196 g/mol. The third kappa shape index (κ3) is 4.06. The Morgan fingerprint density at radius 2 is 2.36 bits per heavy atom. The number of amides is 1. The molecule has 0 aromatic heterocycles. The van der Waals surface area contributed by atoms with Gasteiger partial charge in [-0.15, -0.1) is 0 Å². The zero-order valence-corrected chi connectivity index (χ0v) is 8.60. The van der Waals surface area contributed by atoms with Crippen LogP contribution >= 0.6 is 0 Å². The van der Waals surface area contributed by atoms with E-state index in [4.69, 9.17) is 10.4 Å². The molecular formula is C10H16N2O2. The Labute approximate surface area is 84.4 Å². The Bertz CT molecular complexity index is 243. The molecule has 0 saturated carbocycles. The van der Waals surface area contributed by atoms with Gasteiger partial charge in [0.25, 0.3) is 0 Å². The minimum atomic E-state index is -0.163. The number of carbonyl (C=O) groups is 1. The van der Waals surface area contributed by atoms with Crippen LogP contribution in [0.1, 0.15) is 20.3 Å². The van der Waals surface area contributed by atoms with Gasteiger partial charge in [0.05, 0.1) is 19.1 Å². The highest BCUT2D eigenvalue weighted by Gasteiger charge is 2.15. The molecule has 0 fully saturated rings. The van der Waals surface area contributed by atoms with Crippen molar-refractivity contribution in [1.82, 2.24) is 4.90 Å². The summed E-state index contributed by atoms with van der Waals surface area (Å²) in [6.45, 7) is 4.11. The van der Waals surface area contributed by atoms with Crippen LogP contribution in [0.2, 0.25) is 0 Å². The number of likely N-dealkylation sites (N-methyl/N-ethyl adjacent to an activating group) is 1. The van der Waals surface area contributed by atoms with Crippen molar-refractivity contribution in [2.45, 2.75) is 26.3 Å². The van der Waals surface area contributed by atoms with Gasteiger partial charge in [0, 0.05) is 18.7 Å². The predicted molar refractivity (Wildman–Crippen MR) is 53.3 cm³/mol. The molecule has 0 radical (unpaired) electrons. The number of nitriles is 1. The van der Waals surface area contributed by atoms with Gasteiger partial charge in [-0.2, -0.15) is 5.26 Å². The van der Waals surface area contributed by atoms with Crippen molar-refractivity contribution in [1.29, 1.82) is 5.26 Å². The van der Waals surface area contributed by atoms with Gasteiger partial charge in [-0.3, -0.25) is 4.79 Å². The lowest BCUT2D eigenvalue weighted by Crippen LogP contribution is -2.37. The summed E-state index contributed by atoms with van der Waals surface area (Å²) in [6, 6.07) is 1.94. The molecule has 0 aliphatic heterocycles. The van der Waals surface area contributed by atoms with Crippen LogP contribution in [0.25, 0.3) is 0 Å². The maximum absolute atomic E-state index is 11.5. The van der Waals surface area contributed by atoms with Crippen molar-refractivity contribution < 1.29 is 9.90 Å². The molecule has 0 heterocycles. The highest BCUT2D eigenvalue weighted by atomic mass is 16.2. The topological polar surface area (TPSA) is 64.3 Å². The fourth-order valence-electron chi connectivity index (χ4n) is 1.18. The van der Waals surface area contributed by atoms with Gasteiger partial charge >= 0.3 is 0 Å². The summed E-state index contributed by atoms with van der Waals surface area (Å²) in [4.78, 5) is 13.1. The van der Waals surface area contributed by atoms with Crippen molar-refractivity contribution >= 4 is 5.91 Å². The zero-order chi connectivity index (χ0) is 11.0. The molecule has 1 amide bonds. The van der Waals surface area contributed by atoms with Gasteiger partial charge in [-0.25, -0.2) is 0 Å². The largest absolute Gasteiger partial charge is 0.392 e. The number of hydrogen-bond donors (Lipinski definition) is 1. The minimum absolute atomic E-state index is 0.0826. The standard InChI is InChI=1S/C10H16N2O2/c1-3-12(9(2)6-7-11)10(14)5-4-8-13/h4-5,9,13H,3,6,8H2,1-2H3/b5-4+/t9-/m1/s1. The Morgan fingerprint density at radius 3 is 2.79 bits per heavy atom. The molecule has 0 aliphatic carbocycles. The van der Waals surface area contributed by atoms with Crippen molar-refractivity contribution in [3.05, 3.63) is 12.2 Å². The van der Waals surface area contributed by atoms with E-state index in [2.05, 4.69) is 0 Å². The van der Waals surface area contributed by atoms with Gasteiger partial charge < -0.3 is 10.0 Å². The fourth-order valence-corrected chi connectivity index (χ4v) is 1.18. The van der Waals surface area contributed by atoms with Crippen LogP contribution in [-0.2, 0) is 4.79 Å². The highest BCUT2D eigenvalue weighted by molar-refractivity contribution is 5.87. The number of rotatable bonds is 5. The van der Waals surface area contributed by atoms with Crippen LogP contribution in [0.15, 0.2) is 12.2 Å². The number of aliphatic hydroxyl groups is 1. The van der Waals surface area contributed by atoms with E-state index >= 15 is 0 Å². The third-order valence-corrected chi connectivity index (χ3v) is 1.91. The summed E-state index contributed by atoms with van der Waals surface area (Å²) in [5.41, 5.74) is 0. The first kappa shape index (κ1) is 12.7. The Kier molecular flexibility index (Phi) is 6.42. The van der Waals surface area contributed by atoms with Gasteiger partial charge in [-0.1, -0.05) is 6.08 Å². The quantitative estimate of drug-likeness (QED) is 0.658. The SMILES string of the molecule is CCN(C(=O)/C=C/CO)[C@H](C)CC#N. The summed E-state index contributed by atoms with van der Waals surface area (Å²) in [5.74, 6) is -0.163. The number of nitrogens with zero attached hydrogens (tertiary/aromatic N) is 2. The molecule has 1 atom stereocenters. The molecule has 14 heavy (non-hydrogen) atoms. The Balaban J connectivity index is 4.33. The number of aliphatic hydroxyl groups excluding tert-OH is 1. The first-order valence-electron chi connectivity index (χ1n) is 4.62. The smallest absolute Gasteiger partial charge is 0.246 e. The van der Waals surface area contributed by atoms with Crippen LogP contribution in [0.3, 0.4) is 0 Å². The fraction of sp³-hybridized carbons (Fsp3) is 0.600. The second-order valence-corrected chi connectivity index (χ2v) is 2.92. The van der Waals surface area contributed by atoms with Crippen LogP contribution < -0.4 is 0 Å². The van der Waals surface area contributed by atoms with E-state index in [0.29, 0.717) is 13.0 Å². The average molecular weight is 196 g/mol. The summed E-state index contributed by atoms with van der Waals surface area (Å²) in [6.07, 6.45) is 3.05. The molecule has 4 heteroatoms. The van der Waals surface area contributed by atoms with Crippen LogP contribution in [0.5, 0.6) is 0 Å². The first-order valence-corrected chi connectivity index (χ1v) is 4.62. The summed E-state index contributed by atoms with van der Waals surface area (Å²) in [5, 5.41) is 17.0. The second-order valence-electron chi connectivity index (χ2n) is 2.92. The average Bonchev–Trinajstić information content (AvgIpc) is 2.16. The number of carbonyl (C=O) groups excluding carboxylic acids is 1. The van der Waals surface area contributed by atoms with E-state index in [1.54, 1.807) is 4.90 Å². The molecule has 0 aliphatic rings. The summed E-state index contributed by atoms with van der Waals surface area (Å²) in [7, 11) is 0. The lowest BCUT2D eigenvalue weighted by Gasteiger charge is -2.24. The van der Waals surface area contributed by atoms with E-state index in [0.717, 1.165) is 0 Å². The van der Waals surface area contributed by atoms with Gasteiger partial charge in [0.2, 0.25) is 5.91 Å². The molecule has 0 spiro atoms. The van der Waals surface area contributed by atoms with Crippen molar-refractivity contribution in [2.24, 2.45) is 0 Å². The number of hydrogen-bond acceptors (Lipinski definition) is 3. The van der Waals surface area contributed by atoms with Gasteiger partial charge in [-0.05, 0) is 13.8 Å². The molecular weight excluding hydrogens is 180 g/mol. The molecule has 0 rings (SSSR count). The first-order chi connectivity index (χ1) is 6.67. The highest BCUT2D eigenvalue weighted by Crippen LogP contribution is 2.03. The Hall–Kier alpha value is -1.34. The maximum atomic E-state index is 11.5. The molecule has 4 nitrogen and oxygen atoms in total. The van der Waals surface area contributed by atoms with E-state index in [1.165, 1.54) is 12.2 Å². The van der Waals surface area contributed by atoms with Crippen LogP contribution in [0.4, 0.5) is 0 Å². The summed E-state index contributed by atoms with van der Waals surface area (Å²) < 4.78 is 0.